The fourth-order valence-electron chi connectivity index (χ4n) is 1.34. The minimum Gasteiger partial charge on any atom is -0.308 e. The Morgan fingerprint density at radius 1 is 1.62 bits per heavy atom. The molecule has 0 spiro atoms. The van der Waals surface area contributed by atoms with Gasteiger partial charge in [-0.1, -0.05) is 6.08 Å². The van der Waals surface area contributed by atoms with Crippen molar-refractivity contribution in [3.05, 3.63) is 35.0 Å². The van der Waals surface area contributed by atoms with Gasteiger partial charge in [-0.05, 0) is 42.7 Å². The average molecular weight is 195 g/mol. The van der Waals surface area contributed by atoms with E-state index in [1.54, 1.807) is 11.3 Å². The van der Waals surface area contributed by atoms with E-state index in [1.807, 2.05) is 6.08 Å². The first-order valence-electron chi connectivity index (χ1n) is 4.62. The van der Waals surface area contributed by atoms with Crippen molar-refractivity contribution >= 4 is 11.3 Å². The zero-order valence-electron chi connectivity index (χ0n) is 8.29. The smallest absolute Gasteiger partial charge is 0.0221 e. The highest BCUT2D eigenvalue weighted by Crippen LogP contribution is 2.08. The van der Waals surface area contributed by atoms with Gasteiger partial charge < -0.3 is 5.32 Å². The van der Waals surface area contributed by atoms with Crippen LogP contribution in [-0.4, -0.2) is 12.1 Å². The topological polar surface area (TPSA) is 12.0 Å². The van der Waals surface area contributed by atoms with Gasteiger partial charge in [-0.15, -0.1) is 6.58 Å². The second kappa shape index (κ2) is 5.20. The van der Waals surface area contributed by atoms with Crippen LogP contribution in [-0.2, 0) is 6.42 Å². The molecule has 13 heavy (non-hydrogen) atoms. The van der Waals surface area contributed by atoms with Crippen LogP contribution in [0.3, 0.4) is 0 Å². The maximum absolute atomic E-state index is 3.75. The average Bonchev–Trinajstić information content (AvgIpc) is 2.56. The standard InChI is InChI=1S/C11H17NS/c1-4-9(2)12-10(3)7-11-5-6-13-8-11/h4-6,8-10,12H,1,7H2,2-3H3. The summed E-state index contributed by atoms with van der Waals surface area (Å²) in [5.41, 5.74) is 1.42. The largest absolute Gasteiger partial charge is 0.308 e. The zero-order valence-corrected chi connectivity index (χ0v) is 9.10. The molecule has 1 aromatic rings. The van der Waals surface area contributed by atoms with E-state index in [4.69, 9.17) is 0 Å². The summed E-state index contributed by atoms with van der Waals surface area (Å²) in [6.45, 7) is 8.08. The summed E-state index contributed by atoms with van der Waals surface area (Å²) in [6, 6.07) is 3.10. The molecule has 0 aromatic carbocycles. The summed E-state index contributed by atoms with van der Waals surface area (Å²) >= 11 is 1.76. The molecule has 1 nitrogen and oxygen atoms in total. The molecule has 0 fully saturated rings. The third-order valence-corrected chi connectivity index (χ3v) is 2.76. The molecule has 0 saturated carbocycles. The van der Waals surface area contributed by atoms with Crippen molar-refractivity contribution in [2.45, 2.75) is 32.4 Å². The van der Waals surface area contributed by atoms with Gasteiger partial charge in [0.1, 0.15) is 0 Å². The van der Waals surface area contributed by atoms with Crippen LogP contribution in [0.15, 0.2) is 29.5 Å². The number of hydrogen-bond acceptors (Lipinski definition) is 2. The van der Waals surface area contributed by atoms with Crippen molar-refractivity contribution in [1.29, 1.82) is 0 Å². The van der Waals surface area contributed by atoms with E-state index < -0.39 is 0 Å². The van der Waals surface area contributed by atoms with E-state index in [1.165, 1.54) is 5.56 Å². The summed E-state index contributed by atoms with van der Waals surface area (Å²) in [7, 11) is 0. The molecule has 0 radical (unpaired) electrons. The van der Waals surface area contributed by atoms with E-state index in [2.05, 4.69) is 42.6 Å². The molecule has 2 heteroatoms. The molecule has 0 aliphatic rings. The molecule has 1 aromatic heterocycles. The lowest BCUT2D eigenvalue weighted by Crippen LogP contribution is -2.34. The first-order chi connectivity index (χ1) is 6.22. The Balaban J connectivity index is 2.33. The quantitative estimate of drug-likeness (QED) is 0.712. The molecule has 2 atom stereocenters. The molecule has 2 unspecified atom stereocenters. The van der Waals surface area contributed by atoms with Crippen LogP contribution >= 0.6 is 11.3 Å². The van der Waals surface area contributed by atoms with Gasteiger partial charge in [0, 0.05) is 12.1 Å². The SMILES string of the molecule is C=CC(C)NC(C)Cc1ccsc1. The summed E-state index contributed by atoms with van der Waals surface area (Å²) < 4.78 is 0. The highest BCUT2D eigenvalue weighted by Gasteiger charge is 2.05. The van der Waals surface area contributed by atoms with Crippen molar-refractivity contribution in [1.82, 2.24) is 5.32 Å². The summed E-state index contributed by atoms with van der Waals surface area (Å²) in [5, 5.41) is 7.78. The third-order valence-electron chi connectivity index (χ3n) is 2.02. The van der Waals surface area contributed by atoms with E-state index >= 15 is 0 Å². The fourth-order valence-corrected chi connectivity index (χ4v) is 2.02. The first-order valence-corrected chi connectivity index (χ1v) is 5.56. The number of nitrogens with one attached hydrogen (secondary N) is 1. The predicted molar refractivity (Wildman–Crippen MR) is 60.3 cm³/mol. The highest BCUT2D eigenvalue weighted by atomic mass is 32.1. The first kappa shape index (κ1) is 10.5. The lowest BCUT2D eigenvalue weighted by Gasteiger charge is -2.16. The van der Waals surface area contributed by atoms with Crippen LogP contribution in [0.25, 0.3) is 0 Å². The van der Waals surface area contributed by atoms with Crippen LogP contribution in [0.2, 0.25) is 0 Å². The number of hydrogen-bond donors (Lipinski definition) is 1. The van der Waals surface area contributed by atoms with Crippen LogP contribution in [0, 0.1) is 0 Å². The van der Waals surface area contributed by atoms with E-state index in [0.717, 1.165) is 6.42 Å². The Hall–Kier alpha value is -0.600. The van der Waals surface area contributed by atoms with Crippen LogP contribution in [0.1, 0.15) is 19.4 Å². The van der Waals surface area contributed by atoms with Crippen molar-refractivity contribution in [2.75, 3.05) is 0 Å². The van der Waals surface area contributed by atoms with Gasteiger partial charge in [-0.3, -0.25) is 0 Å². The molecule has 1 N–H and O–H groups in total. The van der Waals surface area contributed by atoms with Gasteiger partial charge in [0.15, 0.2) is 0 Å². The molecule has 0 amide bonds. The lowest BCUT2D eigenvalue weighted by molar-refractivity contribution is 0.514. The van der Waals surface area contributed by atoms with Crippen molar-refractivity contribution in [3.63, 3.8) is 0 Å². The lowest BCUT2D eigenvalue weighted by atomic mass is 10.1. The highest BCUT2D eigenvalue weighted by molar-refractivity contribution is 7.07. The molecule has 1 rings (SSSR count). The molecule has 0 bridgehead atoms. The van der Waals surface area contributed by atoms with E-state index in [9.17, 15) is 0 Å². The maximum Gasteiger partial charge on any atom is 0.0221 e. The minimum absolute atomic E-state index is 0.397. The Morgan fingerprint density at radius 3 is 2.92 bits per heavy atom. The summed E-state index contributed by atoms with van der Waals surface area (Å²) in [6.07, 6.45) is 3.03. The maximum atomic E-state index is 3.75. The Morgan fingerprint density at radius 2 is 2.38 bits per heavy atom. The zero-order chi connectivity index (χ0) is 9.68. The summed E-state index contributed by atoms with van der Waals surface area (Å²) in [4.78, 5) is 0. The van der Waals surface area contributed by atoms with Gasteiger partial charge in [-0.25, -0.2) is 0 Å². The van der Waals surface area contributed by atoms with Crippen LogP contribution < -0.4 is 5.32 Å². The second-order valence-electron chi connectivity index (χ2n) is 3.43. The molecule has 0 aliphatic carbocycles. The summed E-state index contributed by atoms with van der Waals surface area (Å²) in [5.74, 6) is 0. The molecule has 72 valence electrons. The van der Waals surface area contributed by atoms with E-state index in [0.29, 0.717) is 12.1 Å². The molecule has 1 heterocycles. The van der Waals surface area contributed by atoms with Crippen molar-refractivity contribution in [3.8, 4) is 0 Å². The van der Waals surface area contributed by atoms with Crippen LogP contribution in [0.5, 0.6) is 0 Å². The van der Waals surface area contributed by atoms with Gasteiger partial charge in [-0.2, -0.15) is 11.3 Å². The van der Waals surface area contributed by atoms with E-state index in [-0.39, 0.29) is 0 Å². The second-order valence-corrected chi connectivity index (χ2v) is 4.21. The van der Waals surface area contributed by atoms with Crippen molar-refractivity contribution < 1.29 is 0 Å². The van der Waals surface area contributed by atoms with Gasteiger partial charge in [0.25, 0.3) is 0 Å². The Labute approximate surface area is 84.5 Å². The number of thiophene rings is 1. The number of rotatable bonds is 5. The van der Waals surface area contributed by atoms with Crippen molar-refractivity contribution in [2.24, 2.45) is 0 Å². The normalized spacial score (nSPS) is 15.2. The fraction of sp³-hybridized carbons (Fsp3) is 0.455. The molecular formula is C11H17NS. The molecule has 0 saturated heterocycles. The Bertz CT molecular complexity index is 241. The van der Waals surface area contributed by atoms with Gasteiger partial charge >= 0.3 is 0 Å². The third kappa shape index (κ3) is 3.75. The predicted octanol–water partition coefficient (Wildman–Crippen LogP) is 2.84. The van der Waals surface area contributed by atoms with Crippen LogP contribution in [0.4, 0.5) is 0 Å². The van der Waals surface area contributed by atoms with Gasteiger partial charge in [0.05, 0.1) is 0 Å². The molecule has 0 aliphatic heterocycles. The van der Waals surface area contributed by atoms with Gasteiger partial charge in [0.2, 0.25) is 0 Å². The minimum atomic E-state index is 0.397. The Kier molecular flexibility index (Phi) is 4.19. The molecular weight excluding hydrogens is 178 g/mol. The monoisotopic (exact) mass is 195 g/mol.